The number of hydrogen-bond donors (Lipinski definition) is 0. The molecule has 0 radical (unpaired) electrons. The largest absolute Gasteiger partial charge is 0.109 e. The van der Waals surface area contributed by atoms with E-state index < -0.39 is 0 Å². The van der Waals surface area contributed by atoms with Crippen LogP contribution in [0.3, 0.4) is 0 Å². The Morgan fingerprint density at radius 1 is 0.773 bits per heavy atom. The maximum atomic E-state index is 2.72. The number of rotatable bonds is 2. The van der Waals surface area contributed by atoms with E-state index in [2.05, 4.69) is 21.7 Å². The predicted molar refractivity (Wildman–Crippen MR) is 100 cm³/mol. The third-order valence-electron chi connectivity index (χ3n) is 7.91. The Bertz CT molecular complexity index is 340. The molecule has 0 bridgehead atoms. The van der Waals surface area contributed by atoms with Crippen LogP contribution in [0.25, 0.3) is 0 Å². The van der Waals surface area contributed by atoms with Gasteiger partial charge in [-0.25, -0.2) is 0 Å². The fourth-order valence-electron chi connectivity index (χ4n) is 6.83. The van der Waals surface area contributed by atoms with Gasteiger partial charge in [0, 0.05) is 0 Å². The monoisotopic (exact) mass is 302 g/mol. The van der Waals surface area contributed by atoms with Gasteiger partial charge in [-0.2, -0.15) is 0 Å². The minimum atomic E-state index is 0.663. The lowest BCUT2D eigenvalue weighted by atomic mass is 9.47. The third kappa shape index (κ3) is 3.44. The molecule has 0 heterocycles. The second-order valence-electron chi connectivity index (χ2n) is 9.64. The molecule has 0 aromatic carbocycles. The van der Waals surface area contributed by atoms with Crippen molar-refractivity contribution in [2.75, 3.05) is 0 Å². The summed E-state index contributed by atoms with van der Waals surface area (Å²) in [6.45, 7) is 5.06. The first kappa shape index (κ1) is 16.9. The van der Waals surface area contributed by atoms with Crippen LogP contribution in [0, 0.1) is 29.6 Å². The van der Waals surface area contributed by atoms with Gasteiger partial charge in [-0.3, -0.25) is 0 Å². The van der Waals surface area contributed by atoms with Crippen LogP contribution < -0.4 is 0 Å². The summed E-state index contributed by atoms with van der Waals surface area (Å²) in [5.74, 6) is 5.11. The quantitative estimate of drug-likeness (QED) is 0.433. The van der Waals surface area contributed by atoms with E-state index in [1.54, 1.807) is 19.3 Å². The lowest BCUT2D eigenvalue weighted by Crippen LogP contribution is -2.40. The summed E-state index contributed by atoms with van der Waals surface area (Å²) in [7, 11) is 2.72. The van der Waals surface area contributed by atoms with Gasteiger partial charge in [0.25, 0.3) is 0 Å². The fraction of sp³-hybridized carbons (Fsp3) is 1.00. The Kier molecular flexibility index (Phi) is 5.62. The van der Waals surface area contributed by atoms with E-state index in [-0.39, 0.29) is 0 Å². The van der Waals surface area contributed by atoms with Gasteiger partial charge in [-0.15, -0.1) is 0 Å². The summed E-state index contributed by atoms with van der Waals surface area (Å²) in [6.07, 6.45) is 19.9. The topological polar surface area (TPSA) is 0 Å². The molecule has 0 aliphatic heterocycles. The van der Waals surface area contributed by atoms with E-state index in [1.165, 1.54) is 64.2 Å². The molecule has 1 heteroatoms. The molecular formula is C21H39B. The summed E-state index contributed by atoms with van der Waals surface area (Å²) < 4.78 is 0. The van der Waals surface area contributed by atoms with Crippen LogP contribution in [0.15, 0.2) is 0 Å². The predicted octanol–water partition coefficient (Wildman–Crippen LogP) is 6.01. The van der Waals surface area contributed by atoms with Crippen LogP contribution >= 0.6 is 0 Å². The smallest absolute Gasteiger partial charge is 0.0625 e. The van der Waals surface area contributed by atoms with Crippen molar-refractivity contribution in [3.63, 3.8) is 0 Å². The van der Waals surface area contributed by atoms with Gasteiger partial charge < -0.3 is 0 Å². The number of fused-ring (bicyclic) bond motifs is 1. The second-order valence-corrected chi connectivity index (χ2v) is 9.64. The first-order valence-electron chi connectivity index (χ1n) is 10.6. The highest BCUT2D eigenvalue weighted by Gasteiger charge is 2.47. The highest BCUT2D eigenvalue weighted by atomic mass is 14.5. The molecule has 0 amide bonds. The molecule has 0 aromatic heterocycles. The summed E-state index contributed by atoms with van der Waals surface area (Å²) in [5.41, 5.74) is 0. The molecular weight excluding hydrogens is 263 g/mol. The van der Waals surface area contributed by atoms with Crippen LogP contribution in [-0.4, -0.2) is 7.85 Å². The van der Waals surface area contributed by atoms with Crippen LogP contribution in [0.4, 0.5) is 0 Å². The molecule has 3 aliphatic carbocycles. The molecule has 3 rings (SSSR count). The van der Waals surface area contributed by atoms with Crippen molar-refractivity contribution in [2.45, 2.75) is 103 Å². The molecule has 22 heavy (non-hydrogen) atoms. The van der Waals surface area contributed by atoms with Gasteiger partial charge in [0.1, 0.15) is 7.85 Å². The van der Waals surface area contributed by atoms with E-state index in [4.69, 9.17) is 0 Å². The Hall–Kier alpha value is 0.0649. The van der Waals surface area contributed by atoms with E-state index in [0.29, 0.717) is 5.31 Å². The molecule has 0 N–H and O–H groups in total. The Labute approximate surface area is 140 Å². The fourth-order valence-corrected chi connectivity index (χ4v) is 6.83. The summed E-state index contributed by atoms with van der Waals surface area (Å²) in [4.78, 5) is 0. The van der Waals surface area contributed by atoms with Crippen LogP contribution in [0.1, 0.15) is 97.3 Å². The van der Waals surface area contributed by atoms with E-state index in [9.17, 15) is 0 Å². The minimum Gasteiger partial charge on any atom is -0.0625 e. The van der Waals surface area contributed by atoms with Crippen molar-refractivity contribution in [2.24, 2.45) is 29.6 Å². The maximum Gasteiger partial charge on any atom is 0.109 e. The van der Waals surface area contributed by atoms with Gasteiger partial charge in [0.15, 0.2) is 0 Å². The Balaban J connectivity index is 1.91. The van der Waals surface area contributed by atoms with Crippen molar-refractivity contribution in [1.82, 2.24) is 0 Å². The molecule has 0 aromatic rings. The van der Waals surface area contributed by atoms with Crippen LogP contribution in [0.2, 0.25) is 5.31 Å². The van der Waals surface area contributed by atoms with Crippen molar-refractivity contribution in [1.29, 1.82) is 0 Å². The second kappa shape index (κ2) is 7.31. The van der Waals surface area contributed by atoms with Crippen molar-refractivity contribution in [3.8, 4) is 0 Å². The molecule has 3 aliphatic rings. The third-order valence-corrected chi connectivity index (χ3v) is 7.91. The summed E-state index contributed by atoms with van der Waals surface area (Å²) in [5, 5.41) is 0.663. The maximum absolute atomic E-state index is 2.72. The highest BCUT2D eigenvalue weighted by molar-refractivity contribution is 6.15. The van der Waals surface area contributed by atoms with E-state index in [1.807, 2.05) is 0 Å². The first-order chi connectivity index (χ1) is 10.6. The summed E-state index contributed by atoms with van der Waals surface area (Å²) in [6, 6.07) is 0. The molecule has 4 atom stereocenters. The highest BCUT2D eigenvalue weighted by Crippen LogP contribution is 2.59. The molecule has 4 unspecified atom stereocenters. The van der Waals surface area contributed by atoms with Crippen LogP contribution in [-0.2, 0) is 0 Å². The molecule has 0 spiro atoms. The zero-order chi connectivity index (χ0) is 15.6. The number of hydrogen-bond acceptors (Lipinski definition) is 0. The average Bonchev–Trinajstić information content (AvgIpc) is 2.83. The normalized spacial score (nSPS) is 39.8. The molecule has 126 valence electrons. The zero-order valence-corrected chi connectivity index (χ0v) is 15.6. The van der Waals surface area contributed by atoms with Gasteiger partial charge in [0.2, 0.25) is 0 Å². The van der Waals surface area contributed by atoms with Gasteiger partial charge in [0.05, 0.1) is 0 Å². The van der Waals surface area contributed by atoms with Gasteiger partial charge in [-0.1, -0.05) is 89.8 Å². The molecule has 0 saturated heterocycles. The first-order valence-corrected chi connectivity index (χ1v) is 10.6. The van der Waals surface area contributed by atoms with Crippen molar-refractivity contribution < 1.29 is 0 Å². The molecule has 3 saturated carbocycles. The lowest BCUT2D eigenvalue weighted by molar-refractivity contribution is 0.0622. The van der Waals surface area contributed by atoms with E-state index >= 15 is 0 Å². The SMILES string of the molecule is BC1(C2C(C(C)C)CCCC3CCCCC32)CCCCCC1. The molecule has 0 nitrogen and oxygen atoms in total. The molecule has 3 fully saturated rings. The Morgan fingerprint density at radius 2 is 1.41 bits per heavy atom. The van der Waals surface area contributed by atoms with Gasteiger partial charge in [-0.05, 0) is 42.4 Å². The van der Waals surface area contributed by atoms with Crippen molar-refractivity contribution >= 4 is 7.85 Å². The zero-order valence-electron chi connectivity index (χ0n) is 15.6. The van der Waals surface area contributed by atoms with Crippen molar-refractivity contribution in [3.05, 3.63) is 0 Å². The Morgan fingerprint density at radius 3 is 2.09 bits per heavy atom. The average molecular weight is 302 g/mol. The van der Waals surface area contributed by atoms with E-state index in [0.717, 1.165) is 29.6 Å². The standard InChI is InChI=1S/C21H39B/c1-16(2)18-13-9-11-17-10-5-6-12-19(17)20(18)21(22)14-7-3-4-8-15-21/h16-20H,3-15,22H2,1-2H3. The summed E-state index contributed by atoms with van der Waals surface area (Å²) >= 11 is 0. The minimum absolute atomic E-state index is 0.663. The van der Waals surface area contributed by atoms with Crippen LogP contribution in [0.5, 0.6) is 0 Å². The lowest BCUT2D eigenvalue weighted by Gasteiger charge is -2.50. The van der Waals surface area contributed by atoms with Gasteiger partial charge >= 0.3 is 0 Å².